The molecule has 0 saturated carbocycles. The first kappa shape index (κ1) is 13.9. The minimum Gasteiger partial charge on any atom is -0.325 e. The molecule has 2 aromatic carbocycles. The van der Waals surface area contributed by atoms with Crippen LogP contribution < -0.4 is 5.32 Å². The zero-order valence-electron chi connectivity index (χ0n) is 10.7. The second-order valence-electron chi connectivity index (χ2n) is 4.34. The Labute approximate surface area is 131 Å². The van der Waals surface area contributed by atoms with Crippen molar-refractivity contribution in [2.24, 2.45) is 0 Å². The summed E-state index contributed by atoms with van der Waals surface area (Å²) >= 11 is 11.6. The number of hydrogen-bond donors (Lipinski definition) is 1. The number of imidazole rings is 1. The maximum atomic E-state index is 13.4. The van der Waals surface area contributed by atoms with Crippen molar-refractivity contribution in [1.82, 2.24) is 9.55 Å². The van der Waals surface area contributed by atoms with Gasteiger partial charge in [0, 0.05) is 23.8 Å². The second-order valence-corrected chi connectivity index (χ2v) is 5.15. The first-order valence-electron chi connectivity index (χ1n) is 6.15. The predicted octanol–water partition coefficient (Wildman–Crippen LogP) is 5.06. The molecule has 0 aliphatic rings. The van der Waals surface area contributed by atoms with Gasteiger partial charge in [-0.25, -0.2) is 9.37 Å². The maximum absolute atomic E-state index is 13.4. The van der Waals surface area contributed by atoms with Crippen LogP contribution in [0.15, 0.2) is 54.9 Å². The Morgan fingerprint density at radius 3 is 2.38 bits per heavy atom. The normalized spacial score (nSPS) is 10.6. The summed E-state index contributed by atoms with van der Waals surface area (Å²) in [5.74, 6) is -0.0461. The Morgan fingerprint density at radius 2 is 1.71 bits per heavy atom. The van der Waals surface area contributed by atoms with E-state index in [1.165, 1.54) is 12.1 Å². The molecule has 0 atom stereocenters. The molecule has 0 unspecified atom stereocenters. The average molecular weight is 322 g/mol. The summed E-state index contributed by atoms with van der Waals surface area (Å²) < 4.78 is 15.3. The molecule has 0 aliphatic heterocycles. The van der Waals surface area contributed by atoms with Crippen LogP contribution in [0.4, 0.5) is 16.0 Å². The number of nitrogens with one attached hydrogen (secondary N) is 1. The Morgan fingerprint density at radius 1 is 1.05 bits per heavy atom. The van der Waals surface area contributed by atoms with E-state index in [2.05, 4.69) is 10.3 Å². The van der Waals surface area contributed by atoms with Crippen LogP contribution in [0.5, 0.6) is 0 Å². The van der Waals surface area contributed by atoms with E-state index in [9.17, 15) is 4.39 Å². The van der Waals surface area contributed by atoms with Crippen molar-refractivity contribution in [2.45, 2.75) is 0 Å². The second kappa shape index (κ2) is 5.76. The number of hydrogen-bond acceptors (Lipinski definition) is 2. The molecule has 1 heterocycles. The van der Waals surface area contributed by atoms with Crippen molar-refractivity contribution < 1.29 is 4.39 Å². The van der Waals surface area contributed by atoms with E-state index in [1.807, 2.05) is 41.1 Å². The van der Waals surface area contributed by atoms with Crippen molar-refractivity contribution in [3.8, 4) is 5.69 Å². The Bertz CT molecular complexity index is 749. The molecule has 6 heteroatoms. The van der Waals surface area contributed by atoms with Crippen molar-refractivity contribution in [1.29, 1.82) is 0 Å². The van der Waals surface area contributed by atoms with Crippen LogP contribution in [0.3, 0.4) is 0 Å². The van der Waals surface area contributed by atoms with E-state index in [-0.39, 0.29) is 10.0 Å². The van der Waals surface area contributed by atoms with E-state index in [4.69, 9.17) is 23.2 Å². The van der Waals surface area contributed by atoms with Gasteiger partial charge in [0.1, 0.15) is 0 Å². The average Bonchev–Trinajstić information content (AvgIpc) is 2.94. The molecular weight excluding hydrogens is 312 g/mol. The fourth-order valence-corrected chi connectivity index (χ4v) is 2.44. The highest BCUT2D eigenvalue weighted by Crippen LogP contribution is 2.29. The third-order valence-electron chi connectivity index (χ3n) is 2.92. The predicted molar refractivity (Wildman–Crippen MR) is 83.3 cm³/mol. The van der Waals surface area contributed by atoms with Crippen molar-refractivity contribution in [3.63, 3.8) is 0 Å². The summed E-state index contributed by atoms with van der Waals surface area (Å²) in [7, 11) is 0. The molecule has 0 bridgehead atoms. The fraction of sp³-hybridized carbons (Fsp3) is 0. The maximum Gasteiger partial charge on any atom is 0.212 e. The van der Waals surface area contributed by atoms with Gasteiger partial charge in [0.2, 0.25) is 5.95 Å². The third-order valence-corrected chi connectivity index (χ3v) is 3.47. The van der Waals surface area contributed by atoms with Crippen LogP contribution in [0, 0.1) is 5.82 Å². The van der Waals surface area contributed by atoms with Crippen LogP contribution in [0.2, 0.25) is 10.0 Å². The molecule has 0 spiro atoms. The van der Waals surface area contributed by atoms with Gasteiger partial charge < -0.3 is 5.32 Å². The van der Waals surface area contributed by atoms with E-state index in [0.29, 0.717) is 11.6 Å². The topological polar surface area (TPSA) is 29.9 Å². The Kier molecular flexibility index (Phi) is 3.82. The molecule has 0 aliphatic carbocycles. The fourth-order valence-electron chi connectivity index (χ4n) is 1.95. The number of nitrogens with zero attached hydrogens (tertiary/aromatic N) is 2. The molecule has 3 nitrogen and oxygen atoms in total. The first-order valence-corrected chi connectivity index (χ1v) is 6.91. The van der Waals surface area contributed by atoms with E-state index < -0.39 is 5.82 Å². The lowest BCUT2D eigenvalue weighted by Gasteiger charge is -2.10. The van der Waals surface area contributed by atoms with Crippen LogP contribution in [0.25, 0.3) is 5.69 Å². The van der Waals surface area contributed by atoms with Gasteiger partial charge in [0.15, 0.2) is 5.82 Å². The van der Waals surface area contributed by atoms with E-state index in [0.717, 1.165) is 5.69 Å². The van der Waals surface area contributed by atoms with Crippen LogP contribution >= 0.6 is 23.2 Å². The zero-order chi connectivity index (χ0) is 14.8. The van der Waals surface area contributed by atoms with Gasteiger partial charge in [-0.15, -0.1) is 0 Å². The molecule has 3 rings (SSSR count). The number of halogens is 3. The quantitative estimate of drug-likeness (QED) is 0.683. The molecule has 3 aromatic rings. The summed E-state index contributed by atoms with van der Waals surface area (Å²) in [5.41, 5.74) is 1.52. The third kappa shape index (κ3) is 2.86. The van der Waals surface area contributed by atoms with Gasteiger partial charge in [-0.2, -0.15) is 0 Å². The molecule has 1 aromatic heterocycles. The molecular formula is C15H10Cl2FN3. The summed E-state index contributed by atoms with van der Waals surface area (Å²) in [4.78, 5) is 4.24. The van der Waals surface area contributed by atoms with E-state index in [1.54, 1.807) is 6.20 Å². The number of rotatable bonds is 3. The number of benzene rings is 2. The van der Waals surface area contributed by atoms with Crippen LogP contribution in [-0.2, 0) is 0 Å². The number of aromatic nitrogens is 2. The minimum atomic E-state index is -0.629. The molecule has 0 saturated heterocycles. The minimum absolute atomic E-state index is 0.0391. The first-order chi connectivity index (χ1) is 10.1. The lowest BCUT2D eigenvalue weighted by Crippen LogP contribution is -2.01. The number of para-hydroxylation sites is 1. The van der Waals surface area contributed by atoms with Crippen molar-refractivity contribution in [3.05, 3.63) is 70.7 Å². The molecule has 106 valence electrons. The highest BCUT2D eigenvalue weighted by atomic mass is 35.5. The van der Waals surface area contributed by atoms with Gasteiger partial charge in [0.25, 0.3) is 0 Å². The van der Waals surface area contributed by atoms with Gasteiger partial charge in [-0.3, -0.25) is 4.57 Å². The molecule has 21 heavy (non-hydrogen) atoms. The summed E-state index contributed by atoms with van der Waals surface area (Å²) in [6, 6.07) is 12.6. The van der Waals surface area contributed by atoms with Gasteiger partial charge in [-0.1, -0.05) is 41.4 Å². The molecule has 0 radical (unpaired) electrons. The van der Waals surface area contributed by atoms with Crippen LogP contribution in [-0.4, -0.2) is 9.55 Å². The van der Waals surface area contributed by atoms with Gasteiger partial charge in [-0.05, 0) is 24.3 Å². The van der Waals surface area contributed by atoms with E-state index >= 15 is 0 Å². The smallest absolute Gasteiger partial charge is 0.212 e. The summed E-state index contributed by atoms with van der Waals surface area (Å²) in [5, 5.41) is 3.00. The summed E-state index contributed by atoms with van der Waals surface area (Å²) in [6.45, 7) is 0. The Hall–Kier alpha value is -2.04. The Balaban J connectivity index is 1.95. The zero-order valence-corrected chi connectivity index (χ0v) is 12.2. The molecule has 0 fully saturated rings. The summed E-state index contributed by atoms with van der Waals surface area (Å²) in [6.07, 6.45) is 3.49. The highest BCUT2D eigenvalue weighted by molar-refractivity contribution is 6.35. The van der Waals surface area contributed by atoms with Gasteiger partial charge in [0.05, 0.1) is 10.0 Å². The highest BCUT2D eigenvalue weighted by Gasteiger charge is 2.10. The van der Waals surface area contributed by atoms with Crippen LogP contribution in [0.1, 0.15) is 0 Å². The van der Waals surface area contributed by atoms with Gasteiger partial charge >= 0.3 is 0 Å². The lowest BCUT2D eigenvalue weighted by atomic mass is 10.3. The monoisotopic (exact) mass is 321 g/mol. The lowest BCUT2D eigenvalue weighted by molar-refractivity contribution is 0.629. The SMILES string of the molecule is Fc1c(Cl)cc(Nc2nccn2-c2ccccc2)cc1Cl. The molecule has 0 amide bonds. The standard InChI is InChI=1S/C15H10Cl2FN3/c16-12-8-10(9-13(17)14(12)18)20-15-19-6-7-21(15)11-4-2-1-3-5-11/h1-9H,(H,19,20). The van der Waals surface area contributed by atoms with Crippen molar-refractivity contribution >= 4 is 34.8 Å². The number of anilines is 2. The largest absolute Gasteiger partial charge is 0.325 e. The molecule has 1 N–H and O–H groups in total. The van der Waals surface area contributed by atoms with Crippen molar-refractivity contribution in [2.75, 3.05) is 5.32 Å².